The first-order valence-corrected chi connectivity index (χ1v) is 5.26. The molecule has 0 aliphatic heterocycles. The summed E-state index contributed by atoms with van der Waals surface area (Å²) in [4.78, 5) is 10.8. The molecule has 1 heterocycles. The molecule has 0 bridgehead atoms. The van der Waals surface area contributed by atoms with Crippen LogP contribution in [0.25, 0.3) is 11.3 Å². The summed E-state index contributed by atoms with van der Waals surface area (Å²) in [6, 6.07) is 6.93. The van der Waals surface area contributed by atoms with Gasteiger partial charge in [0.2, 0.25) is 5.76 Å². The van der Waals surface area contributed by atoms with Crippen LogP contribution < -0.4 is 0 Å². The fourth-order valence-corrected chi connectivity index (χ4v) is 1.51. The molecule has 0 aliphatic rings. The van der Waals surface area contributed by atoms with Crippen molar-refractivity contribution in [2.45, 2.75) is 6.92 Å². The van der Waals surface area contributed by atoms with E-state index in [0.29, 0.717) is 10.7 Å². The number of nitrogens with zero attached hydrogens (tertiary/aromatic N) is 1. The third-order valence-electron chi connectivity index (χ3n) is 2.16. The van der Waals surface area contributed by atoms with Crippen molar-refractivity contribution >= 4 is 28.4 Å². The second-order valence-electron chi connectivity index (χ2n) is 3.31. The number of aryl methyl sites for hydroxylation is 1. The molecule has 16 heavy (non-hydrogen) atoms. The monoisotopic (exact) mass is 255 g/mol. The molecule has 2 rings (SSSR count). The maximum atomic E-state index is 10.8. The number of rotatable bonds is 2. The van der Waals surface area contributed by atoms with Crippen LogP contribution in [0.3, 0.4) is 0 Å². The lowest BCUT2D eigenvalue weighted by molar-refractivity contribution is 0.104. The van der Waals surface area contributed by atoms with Gasteiger partial charge in [-0.2, -0.15) is 0 Å². The quantitative estimate of drug-likeness (QED) is 0.769. The fraction of sp³-hybridized carbons (Fsp3) is 0.0909. The van der Waals surface area contributed by atoms with E-state index < -0.39 is 5.24 Å². The van der Waals surface area contributed by atoms with Gasteiger partial charge in [-0.15, -0.1) is 0 Å². The van der Waals surface area contributed by atoms with Gasteiger partial charge in [-0.1, -0.05) is 22.8 Å². The third kappa shape index (κ3) is 2.10. The molecule has 0 aliphatic carbocycles. The van der Waals surface area contributed by atoms with Crippen molar-refractivity contribution < 1.29 is 9.32 Å². The van der Waals surface area contributed by atoms with E-state index in [0.717, 1.165) is 11.1 Å². The highest BCUT2D eigenvalue weighted by Gasteiger charge is 2.11. The second-order valence-corrected chi connectivity index (χ2v) is 4.06. The van der Waals surface area contributed by atoms with Crippen LogP contribution in [0, 0.1) is 6.92 Å². The zero-order chi connectivity index (χ0) is 11.7. The first kappa shape index (κ1) is 11.2. The molecule has 1 aromatic heterocycles. The van der Waals surface area contributed by atoms with Crippen LogP contribution in [0.2, 0.25) is 5.02 Å². The van der Waals surface area contributed by atoms with E-state index in [4.69, 9.17) is 27.7 Å². The number of benzene rings is 1. The van der Waals surface area contributed by atoms with E-state index in [2.05, 4.69) is 5.16 Å². The van der Waals surface area contributed by atoms with Crippen LogP contribution in [0.1, 0.15) is 16.1 Å². The van der Waals surface area contributed by atoms with Crippen LogP contribution in [0.5, 0.6) is 0 Å². The lowest BCUT2D eigenvalue weighted by atomic mass is 10.1. The predicted molar refractivity (Wildman–Crippen MR) is 61.9 cm³/mol. The van der Waals surface area contributed by atoms with Gasteiger partial charge in [-0.3, -0.25) is 4.79 Å². The van der Waals surface area contributed by atoms with Crippen LogP contribution in [0.4, 0.5) is 0 Å². The van der Waals surface area contributed by atoms with Crippen molar-refractivity contribution in [2.75, 3.05) is 0 Å². The Morgan fingerprint density at radius 2 is 2.12 bits per heavy atom. The molecule has 2 aromatic rings. The number of halogens is 2. The van der Waals surface area contributed by atoms with Crippen LogP contribution in [0.15, 0.2) is 28.8 Å². The van der Waals surface area contributed by atoms with Crippen LogP contribution >= 0.6 is 23.2 Å². The summed E-state index contributed by atoms with van der Waals surface area (Å²) in [7, 11) is 0. The van der Waals surface area contributed by atoms with E-state index in [1.807, 2.05) is 13.0 Å². The summed E-state index contributed by atoms with van der Waals surface area (Å²) in [6.07, 6.45) is 0. The minimum absolute atomic E-state index is 0.0317. The van der Waals surface area contributed by atoms with Gasteiger partial charge in [-0.05, 0) is 36.2 Å². The molecule has 0 atom stereocenters. The summed E-state index contributed by atoms with van der Waals surface area (Å²) in [5.41, 5.74) is 2.32. The van der Waals surface area contributed by atoms with Crippen LogP contribution in [-0.4, -0.2) is 10.4 Å². The minimum Gasteiger partial charge on any atom is -0.351 e. The van der Waals surface area contributed by atoms with Crippen molar-refractivity contribution in [3.8, 4) is 11.3 Å². The highest BCUT2D eigenvalue weighted by molar-refractivity contribution is 6.67. The SMILES string of the molecule is Cc1cc(-c2cc(C(=O)Cl)on2)ccc1Cl. The Kier molecular flexibility index (Phi) is 2.99. The maximum absolute atomic E-state index is 10.8. The standard InChI is InChI=1S/C11H7Cl2NO2/c1-6-4-7(2-3-8(6)12)9-5-10(11(13)15)16-14-9/h2-5H,1H3. The lowest BCUT2D eigenvalue weighted by Crippen LogP contribution is -1.82. The van der Waals surface area contributed by atoms with Gasteiger partial charge in [0, 0.05) is 16.7 Å². The molecule has 3 nitrogen and oxygen atoms in total. The molecule has 0 fully saturated rings. The summed E-state index contributed by atoms with van der Waals surface area (Å²) in [5, 5.41) is 3.77. The predicted octanol–water partition coefficient (Wildman–Crippen LogP) is 3.68. The Balaban J connectivity index is 2.42. The Bertz CT molecular complexity index is 549. The van der Waals surface area contributed by atoms with Gasteiger partial charge in [-0.25, -0.2) is 0 Å². The molecule has 0 N–H and O–H groups in total. The lowest BCUT2D eigenvalue weighted by Gasteiger charge is -1.99. The molecule has 5 heteroatoms. The van der Waals surface area contributed by atoms with Crippen molar-refractivity contribution in [2.24, 2.45) is 0 Å². The zero-order valence-electron chi connectivity index (χ0n) is 8.33. The molecular weight excluding hydrogens is 249 g/mol. The molecule has 0 saturated heterocycles. The number of hydrogen-bond donors (Lipinski definition) is 0. The van der Waals surface area contributed by atoms with E-state index in [-0.39, 0.29) is 5.76 Å². The summed E-state index contributed by atoms with van der Waals surface area (Å²) in [6.45, 7) is 1.89. The number of carbonyl (C=O) groups excluding carboxylic acids is 1. The average molecular weight is 256 g/mol. The molecule has 0 saturated carbocycles. The van der Waals surface area contributed by atoms with Crippen molar-refractivity contribution in [3.63, 3.8) is 0 Å². The summed E-state index contributed by atoms with van der Waals surface area (Å²) >= 11 is 11.2. The van der Waals surface area contributed by atoms with Gasteiger partial charge in [0.05, 0.1) is 0 Å². The van der Waals surface area contributed by atoms with E-state index in [1.165, 1.54) is 6.07 Å². The van der Waals surface area contributed by atoms with Gasteiger partial charge in [0.25, 0.3) is 5.24 Å². The van der Waals surface area contributed by atoms with E-state index >= 15 is 0 Å². The van der Waals surface area contributed by atoms with E-state index in [9.17, 15) is 4.79 Å². The van der Waals surface area contributed by atoms with Gasteiger partial charge >= 0.3 is 0 Å². The Morgan fingerprint density at radius 1 is 1.38 bits per heavy atom. The highest BCUT2D eigenvalue weighted by atomic mass is 35.5. The van der Waals surface area contributed by atoms with Crippen molar-refractivity contribution in [1.29, 1.82) is 0 Å². The smallest absolute Gasteiger partial charge is 0.290 e. The largest absolute Gasteiger partial charge is 0.351 e. The molecule has 0 radical (unpaired) electrons. The van der Waals surface area contributed by atoms with Crippen molar-refractivity contribution in [3.05, 3.63) is 40.6 Å². The number of hydrogen-bond acceptors (Lipinski definition) is 3. The fourth-order valence-electron chi connectivity index (χ4n) is 1.31. The molecule has 0 unspecified atom stereocenters. The van der Waals surface area contributed by atoms with Crippen molar-refractivity contribution in [1.82, 2.24) is 5.16 Å². The Morgan fingerprint density at radius 3 is 2.69 bits per heavy atom. The summed E-state index contributed by atoms with van der Waals surface area (Å²) < 4.78 is 4.79. The molecule has 1 aromatic carbocycles. The first-order chi connectivity index (χ1) is 7.58. The molecule has 0 amide bonds. The topological polar surface area (TPSA) is 43.1 Å². The first-order valence-electron chi connectivity index (χ1n) is 4.51. The second kappa shape index (κ2) is 4.28. The maximum Gasteiger partial charge on any atom is 0.290 e. The minimum atomic E-state index is -0.663. The van der Waals surface area contributed by atoms with Gasteiger partial charge < -0.3 is 4.52 Å². The van der Waals surface area contributed by atoms with Crippen LogP contribution in [-0.2, 0) is 0 Å². The molecular formula is C11H7Cl2NO2. The summed E-state index contributed by atoms with van der Waals surface area (Å²) in [5.74, 6) is 0.0317. The van der Waals surface area contributed by atoms with E-state index in [1.54, 1.807) is 12.1 Å². The highest BCUT2D eigenvalue weighted by Crippen LogP contribution is 2.24. The Labute approximate surface area is 102 Å². The number of aromatic nitrogens is 1. The van der Waals surface area contributed by atoms with Gasteiger partial charge in [0.1, 0.15) is 5.69 Å². The number of carbonyl (C=O) groups is 1. The zero-order valence-corrected chi connectivity index (χ0v) is 9.84. The van der Waals surface area contributed by atoms with Gasteiger partial charge in [0.15, 0.2) is 0 Å². The molecule has 0 spiro atoms. The molecule has 82 valence electrons. The third-order valence-corrected chi connectivity index (χ3v) is 2.77. The normalized spacial score (nSPS) is 10.4. The average Bonchev–Trinajstić information content (AvgIpc) is 2.71. The Hall–Kier alpha value is -1.32.